The lowest BCUT2D eigenvalue weighted by molar-refractivity contribution is -0.137. The third-order valence-electron chi connectivity index (χ3n) is 1.93. The van der Waals surface area contributed by atoms with E-state index in [0.717, 1.165) is 0 Å². The van der Waals surface area contributed by atoms with Gasteiger partial charge in [-0.1, -0.05) is 12.1 Å². The van der Waals surface area contributed by atoms with Crippen molar-refractivity contribution in [1.82, 2.24) is 0 Å². The average Bonchev–Trinajstić information content (AvgIpc) is 2.21. The van der Waals surface area contributed by atoms with Crippen LogP contribution in [-0.2, 0) is 4.79 Å². The van der Waals surface area contributed by atoms with Crippen molar-refractivity contribution in [2.75, 3.05) is 11.9 Å². The highest BCUT2D eigenvalue weighted by atomic mass is 16.5. The molecule has 0 aromatic heterocycles. The summed E-state index contributed by atoms with van der Waals surface area (Å²) in [6.45, 7) is 4.03. The first kappa shape index (κ1) is 11.4. The summed E-state index contributed by atoms with van der Waals surface area (Å²) in [7, 11) is 0. The van der Waals surface area contributed by atoms with Gasteiger partial charge in [-0.3, -0.25) is 4.79 Å². The number of anilines is 1. The quantitative estimate of drug-likeness (QED) is 0.778. The first-order valence-electron chi connectivity index (χ1n) is 4.86. The van der Waals surface area contributed by atoms with Crippen molar-refractivity contribution in [2.45, 2.75) is 19.9 Å². The Labute approximate surface area is 88.9 Å². The molecule has 0 aliphatic heterocycles. The molecule has 0 saturated carbocycles. The molecule has 82 valence electrons. The van der Waals surface area contributed by atoms with Crippen molar-refractivity contribution in [2.24, 2.45) is 0 Å². The number of carboxylic acids is 1. The lowest BCUT2D eigenvalue weighted by atomic mass is 10.2. The van der Waals surface area contributed by atoms with Crippen molar-refractivity contribution in [3.8, 4) is 5.75 Å². The van der Waals surface area contributed by atoms with Gasteiger partial charge in [0.1, 0.15) is 11.8 Å². The van der Waals surface area contributed by atoms with E-state index >= 15 is 0 Å². The number of ether oxygens (including phenoxy) is 1. The van der Waals surface area contributed by atoms with Gasteiger partial charge in [0.15, 0.2) is 0 Å². The monoisotopic (exact) mass is 209 g/mol. The highest BCUT2D eigenvalue weighted by molar-refractivity contribution is 5.77. The molecule has 1 rings (SSSR count). The van der Waals surface area contributed by atoms with Crippen molar-refractivity contribution >= 4 is 11.7 Å². The molecule has 0 radical (unpaired) electrons. The predicted molar refractivity (Wildman–Crippen MR) is 58.3 cm³/mol. The molecular weight excluding hydrogens is 194 g/mol. The Balaban J connectivity index is 2.79. The van der Waals surface area contributed by atoms with Crippen molar-refractivity contribution in [3.05, 3.63) is 24.3 Å². The molecule has 2 N–H and O–H groups in total. The van der Waals surface area contributed by atoms with Crippen LogP contribution in [0.5, 0.6) is 5.75 Å². The fourth-order valence-electron chi connectivity index (χ4n) is 1.16. The summed E-state index contributed by atoms with van der Waals surface area (Å²) >= 11 is 0. The Bertz CT molecular complexity index is 338. The van der Waals surface area contributed by atoms with Crippen LogP contribution in [0.2, 0.25) is 0 Å². The normalized spacial score (nSPS) is 11.9. The fraction of sp³-hybridized carbons (Fsp3) is 0.364. The second-order valence-corrected chi connectivity index (χ2v) is 3.13. The van der Waals surface area contributed by atoms with Gasteiger partial charge >= 0.3 is 5.97 Å². The summed E-state index contributed by atoms with van der Waals surface area (Å²) in [5, 5.41) is 11.6. The van der Waals surface area contributed by atoms with E-state index in [1.807, 2.05) is 19.1 Å². The number of rotatable bonds is 5. The van der Waals surface area contributed by atoms with Crippen LogP contribution < -0.4 is 10.1 Å². The molecule has 0 aliphatic rings. The highest BCUT2D eigenvalue weighted by Gasteiger charge is 2.12. The zero-order valence-electron chi connectivity index (χ0n) is 8.86. The maximum Gasteiger partial charge on any atom is 0.325 e. The van der Waals surface area contributed by atoms with Gasteiger partial charge in [0.2, 0.25) is 0 Å². The molecule has 0 aliphatic carbocycles. The number of benzene rings is 1. The molecule has 15 heavy (non-hydrogen) atoms. The molecule has 0 amide bonds. The van der Waals surface area contributed by atoms with Crippen molar-refractivity contribution < 1.29 is 14.6 Å². The van der Waals surface area contributed by atoms with Gasteiger partial charge < -0.3 is 15.2 Å². The highest BCUT2D eigenvalue weighted by Crippen LogP contribution is 2.24. The summed E-state index contributed by atoms with van der Waals surface area (Å²) in [6, 6.07) is 6.65. The third kappa shape index (κ3) is 3.16. The summed E-state index contributed by atoms with van der Waals surface area (Å²) < 4.78 is 5.36. The minimum Gasteiger partial charge on any atom is -0.492 e. The van der Waals surface area contributed by atoms with E-state index in [2.05, 4.69) is 5.32 Å². The second-order valence-electron chi connectivity index (χ2n) is 3.13. The summed E-state index contributed by atoms with van der Waals surface area (Å²) in [5.74, 6) is -0.214. The Kier molecular flexibility index (Phi) is 3.97. The average molecular weight is 209 g/mol. The SMILES string of the molecule is CCOc1ccccc1NC(C)C(=O)O. The van der Waals surface area contributed by atoms with E-state index < -0.39 is 12.0 Å². The second kappa shape index (κ2) is 5.24. The molecule has 0 heterocycles. The lowest BCUT2D eigenvalue weighted by Gasteiger charge is -2.14. The smallest absolute Gasteiger partial charge is 0.325 e. The molecule has 1 aromatic carbocycles. The first-order chi connectivity index (χ1) is 7.15. The van der Waals surface area contributed by atoms with Crippen LogP contribution in [0.1, 0.15) is 13.8 Å². The topological polar surface area (TPSA) is 58.6 Å². The number of hydrogen-bond donors (Lipinski definition) is 2. The van der Waals surface area contributed by atoms with Crippen LogP contribution >= 0.6 is 0 Å². The first-order valence-corrected chi connectivity index (χ1v) is 4.86. The molecule has 1 aromatic rings. The van der Waals surface area contributed by atoms with Crippen molar-refractivity contribution in [3.63, 3.8) is 0 Å². The molecule has 1 atom stereocenters. The predicted octanol–water partition coefficient (Wildman–Crippen LogP) is 1.97. The van der Waals surface area contributed by atoms with Crippen molar-refractivity contribution in [1.29, 1.82) is 0 Å². The van der Waals surface area contributed by atoms with Crippen LogP contribution in [0.25, 0.3) is 0 Å². The number of nitrogens with one attached hydrogen (secondary N) is 1. The molecule has 0 spiro atoms. The fourth-order valence-corrected chi connectivity index (χ4v) is 1.16. The van der Waals surface area contributed by atoms with Gasteiger partial charge in [0.05, 0.1) is 12.3 Å². The van der Waals surface area contributed by atoms with Gasteiger partial charge in [0.25, 0.3) is 0 Å². The van der Waals surface area contributed by atoms with Gasteiger partial charge in [-0.25, -0.2) is 0 Å². The molecule has 0 saturated heterocycles. The van der Waals surface area contributed by atoms with Crippen LogP contribution in [0.3, 0.4) is 0 Å². The zero-order valence-corrected chi connectivity index (χ0v) is 8.86. The Morgan fingerprint density at radius 3 is 2.80 bits per heavy atom. The molecular formula is C11H15NO3. The van der Waals surface area contributed by atoms with Gasteiger partial charge in [-0.05, 0) is 26.0 Å². The van der Waals surface area contributed by atoms with E-state index in [4.69, 9.17) is 9.84 Å². The molecule has 4 heteroatoms. The molecule has 1 unspecified atom stereocenters. The summed E-state index contributed by atoms with van der Waals surface area (Å²) in [6.07, 6.45) is 0. The summed E-state index contributed by atoms with van der Waals surface area (Å²) in [5.41, 5.74) is 0.703. The Morgan fingerprint density at radius 1 is 1.53 bits per heavy atom. The van der Waals surface area contributed by atoms with E-state index in [-0.39, 0.29) is 0 Å². The van der Waals surface area contributed by atoms with Crippen LogP contribution in [0.4, 0.5) is 5.69 Å². The molecule has 4 nitrogen and oxygen atoms in total. The maximum absolute atomic E-state index is 10.7. The van der Waals surface area contributed by atoms with E-state index in [1.54, 1.807) is 19.1 Å². The van der Waals surface area contributed by atoms with E-state index in [9.17, 15) is 4.79 Å². The number of carboxylic acid groups (broad SMARTS) is 1. The minimum absolute atomic E-state index is 0.556. The summed E-state index contributed by atoms with van der Waals surface area (Å²) in [4.78, 5) is 10.7. The number of carbonyl (C=O) groups is 1. The molecule has 0 bridgehead atoms. The third-order valence-corrected chi connectivity index (χ3v) is 1.93. The largest absolute Gasteiger partial charge is 0.492 e. The lowest BCUT2D eigenvalue weighted by Crippen LogP contribution is -2.25. The number of aliphatic carboxylic acids is 1. The Hall–Kier alpha value is -1.71. The maximum atomic E-state index is 10.7. The van der Waals surface area contributed by atoms with E-state index in [0.29, 0.717) is 18.0 Å². The minimum atomic E-state index is -0.888. The molecule has 0 fully saturated rings. The number of hydrogen-bond acceptors (Lipinski definition) is 3. The number of para-hydroxylation sites is 2. The van der Waals surface area contributed by atoms with Crippen LogP contribution in [-0.4, -0.2) is 23.7 Å². The van der Waals surface area contributed by atoms with E-state index in [1.165, 1.54) is 0 Å². The van der Waals surface area contributed by atoms with Gasteiger partial charge in [0, 0.05) is 0 Å². The zero-order chi connectivity index (χ0) is 11.3. The Morgan fingerprint density at radius 2 is 2.20 bits per heavy atom. The van der Waals surface area contributed by atoms with Gasteiger partial charge in [-0.2, -0.15) is 0 Å². The van der Waals surface area contributed by atoms with Gasteiger partial charge in [-0.15, -0.1) is 0 Å². The standard InChI is InChI=1S/C11H15NO3/c1-3-15-10-7-5-4-6-9(10)12-8(2)11(13)14/h4-8,12H,3H2,1-2H3,(H,13,14). The van der Waals surface area contributed by atoms with Crippen LogP contribution in [0, 0.1) is 0 Å². The van der Waals surface area contributed by atoms with Crippen LogP contribution in [0.15, 0.2) is 24.3 Å².